The van der Waals surface area contributed by atoms with E-state index >= 15 is 0 Å². The summed E-state index contributed by atoms with van der Waals surface area (Å²) in [5.74, 6) is -0.0838. The number of hydrogen-bond donors (Lipinski definition) is 2. The molecule has 124 valence electrons. The normalized spacial score (nSPS) is 12.1. The van der Waals surface area contributed by atoms with E-state index in [2.05, 4.69) is 20.6 Å². The first kappa shape index (κ1) is 16.0. The highest BCUT2D eigenvalue weighted by Crippen LogP contribution is 2.16. The van der Waals surface area contributed by atoms with Crippen molar-refractivity contribution in [3.05, 3.63) is 59.5 Å². The van der Waals surface area contributed by atoms with Crippen molar-refractivity contribution in [2.24, 2.45) is 0 Å². The summed E-state index contributed by atoms with van der Waals surface area (Å²) in [6.07, 6.45) is 1.70. The van der Waals surface area contributed by atoms with Gasteiger partial charge in [-0.2, -0.15) is 10.2 Å². The summed E-state index contributed by atoms with van der Waals surface area (Å²) in [6, 6.07) is 11.5. The second-order valence-electron chi connectivity index (χ2n) is 5.98. The van der Waals surface area contributed by atoms with E-state index in [9.17, 15) is 4.79 Å². The first-order chi connectivity index (χ1) is 11.5. The van der Waals surface area contributed by atoms with Gasteiger partial charge in [0.1, 0.15) is 0 Å². The maximum atomic E-state index is 12.3. The molecule has 2 heterocycles. The zero-order chi connectivity index (χ0) is 17.1. The van der Waals surface area contributed by atoms with Gasteiger partial charge in [-0.05, 0) is 50.6 Å². The molecule has 6 nitrogen and oxygen atoms in total. The van der Waals surface area contributed by atoms with Crippen LogP contribution in [-0.4, -0.2) is 32.4 Å². The molecule has 1 unspecified atom stereocenters. The lowest BCUT2D eigenvalue weighted by molar-refractivity contribution is 0.0947. The summed E-state index contributed by atoms with van der Waals surface area (Å²) in [7, 11) is 0. The molecule has 0 saturated heterocycles. The second-order valence-corrected chi connectivity index (χ2v) is 5.98. The Hall–Kier alpha value is -2.89. The number of nitrogens with one attached hydrogen (secondary N) is 2. The number of carbonyl (C=O) groups excluding carboxylic acids is 1. The second kappa shape index (κ2) is 6.70. The molecule has 6 heteroatoms. The number of aryl methyl sites for hydroxylation is 2. The predicted octanol–water partition coefficient (Wildman–Crippen LogP) is 2.88. The van der Waals surface area contributed by atoms with Crippen molar-refractivity contribution in [1.29, 1.82) is 0 Å². The average molecular weight is 323 g/mol. The third-order valence-corrected chi connectivity index (χ3v) is 3.98. The lowest BCUT2D eigenvalue weighted by Crippen LogP contribution is -2.30. The Labute approximate surface area is 140 Å². The van der Waals surface area contributed by atoms with Crippen LogP contribution in [0.4, 0.5) is 0 Å². The van der Waals surface area contributed by atoms with Gasteiger partial charge in [-0.25, -0.2) is 0 Å². The molecular weight excluding hydrogens is 302 g/mol. The molecule has 0 spiro atoms. The Morgan fingerprint density at radius 1 is 1.25 bits per heavy atom. The van der Waals surface area contributed by atoms with Crippen molar-refractivity contribution in [1.82, 2.24) is 25.3 Å². The van der Waals surface area contributed by atoms with Gasteiger partial charge in [-0.3, -0.25) is 14.6 Å². The van der Waals surface area contributed by atoms with Crippen LogP contribution in [0.15, 0.2) is 42.6 Å². The lowest BCUT2D eigenvalue weighted by Gasteiger charge is -2.15. The molecule has 1 amide bonds. The minimum Gasteiger partial charge on any atom is -0.350 e. The van der Waals surface area contributed by atoms with Crippen molar-refractivity contribution in [3.8, 4) is 11.3 Å². The molecule has 0 aliphatic heterocycles. The van der Waals surface area contributed by atoms with Crippen LogP contribution in [0.3, 0.4) is 0 Å². The van der Waals surface area contributed by atoms with E-state index in [0.717, 1.165) is 22.6 Å². The Kier molecular flexibility index (Phi) is 4.46. The monoisotopic (exact) mass is 323 g/mol. The van der Waals surface area contributed by atoms with Crippen LogP contribution >= 0.6 is 0 Å². The maximum Gasteiger partial charge on any atom is 0.251 e. The van der Waals surface area contributed by atoms with Gasteiger partial charge in [0.15, 0.2) is 0 Å². The van der Waals surface area contributed by atoms with E-state index in [0.29, 0.717) is 12.1 Å². The summed E-state index contributed by atoms with van der Waals surface area (Å²) in [6.45, 7) is 6.56. The number of amides is 1. The average Bonchev–Trinajstić information content (AvgIpc) is 3.22. The van der Waals surface area contributed by atoms with Gasteiger partial charge in [0, 0.05) is 24.0 Å². The summed E-state index contributed by atoms with van der Waals surface area (Å²) in [5.41, 5.74) is 4.65. The van der Waals surface area contributed by atoms with E-state index in [-0.39, 0.29) is 11.9 Å². The van der Waals surface area contributed by atoms with Crippen molar-refractivity contribution < 1.29 is 4.79 Å². The van der Waals surface area contributed by atoms with Crippen LogP contribution in [0.1, 0.15) is 34.7 Å². The number of hydrogen-bond acceptors (Lipinski definition) is 3. The highest BCUT2D eigenvalue weighted by Gasteiger charge is 2.12. The third kappa shape index (κ3) is 3.37. The fourth-order valence-electron chi connectivity index (χ4n) is 2.74. The van der Waals surface area contributed by atoms with Crippen LogP contribution in [0.25, 0.3) is 11.3 Å². The Bertz CT molecular complexity index is 818. The predicted molar refractivity (Wildman–Crippen MR) is 92.8 cm³/mol. The summed E-state index contributed by atoms with van der Waals surface area (Å²) in [5, 5.41) is 14.3. The van der Waals surface area contributed by atoms with Gasteiger partial charge in [0.25, 0.3) is 5.91 Å². The third-order valence-electron chi connectivity index (χ3n) is 3.98. The largest absolute Gasteiger partial charge is 0.350 e. The molecule has 2 aromatic heterocycles. The lowest BCUT2D eigenvalue weighted by atomic mass is 10.1. The highest BCUT2D eigenvalue weighted by molar-refractivity contribution is 5.94. The van der Waals surface area contributed by atoms with Crippen molar-refractivity contribution in [2.45, 2.75) is 26.8 Å². The molecule has 0 aliphatic carbocycles. The number of aromatic nitrogens is 4. The zero-order valence-corrected chi connectivity index (χ0v) is 14.1. The zero-order valence-electron chi connectivity index (χ0n) is 14.1. The van der Waals surface area contributed by atoms with E-state index in [1.165, 1.54) is 0 Å². The molecule has 0 saturated carbocycles. The molecule has 3 aromatic rings. The van der Waals surface area contributed by atoms with Crippen molar-refractivity contribution in [3.63, 3.8) is 0 Å². The van der Waals surface area contributed by atoms with Crippen LogP contribution in [0, 0.1) is 13.8 Å². The molecule has 0 radical (unpaired) electrons. The first-order valence-corrected chi connectivity index (χ1v) is 7.95. The fourth-order valence-corrected chi connectivity index (χ4v) is 2.74. The van der Waals surface area contributed by atoms with Crippen LogP contribution in [0.5, 0.6) is 0 Å². The smallest absolute Gasteiger partial charge is 0.251 e. The van der Waals surface area contributed by atoms with E-state index in [1.807, 2.05) is 61.9 Å². The fraction of sp³-hybridized carbons (Fsp3) is 0.278. The standard InChI is InChI=1S/C18H21N5O/c1-12-10-13(2)23(22-12)14(3)11-19-18(24)16-6-4-15(5-7-16)17-8-9-20-21-17/h4-10,14H,11H2,1-3H3,(H,19,24)(H,20,21). The van der Waals surface area contributed by atoms with Crippen molar-refractivity contribution >= 4 is 5.91 Å². The van der Waals surface area contributed by atoms with Gasteiger partial charge in [-0.1, -0.05) is 12.1 Å². The topological polar surface area (TPSA) is 75.6 Å². The number of nitrogens with zero attached hydrogens (tertiary/aromatic N) is 3. The summed E-state index contributed by atoms with van der Waals surface area (Å²) >= 11 is 0. The van der Waals surface area contributed by atoms with Gasteiger partial charge in [0.05, 0.1) is 17.4 Å². The molecule has 24 heavy (non-hydrogen) atoms. The minimum absolute atomic E-state index is 0.0838. The summed E-state index contributed by atoms with van der Waals surface area (Å²) in [4.78, 5) is 12.3. The maximum absolute atomic E-state index is 12.3. The number of rotatable bonds is 5. The Balaban J connectivity index is 1.61. The first-order valence-electron chi connectivity index (χ1n) is 7.95. The number of aromatic amines is 1. The Morgan fingerprint density at radius 3 is 2.58 bits per heavy atom. The molecule has 1 aromatic carbocycles. The SMILES string of the molecule is Cc1cc(C)n(C(C)CNC(=O)c2ccc(-c3ccn[nH]3)cc2)n1. The highest BCUT2D eigenvalue weighted by atomic mass is 16.1. The van der Waals surface area contributed by atoms with Crippen LogP contribution in [-0.2, 0) is 0 Å². The van der Waals surface area contributed by atoms with E-state index in [4.69, 9.17) is 0 Å². The Morgan fingerprint density at radius 2 is 2.00 bits per heavy atom. The number of H-pyrrole nitrogens is 1. The van der Waals surface area contributed by atoms with E-state index < -0.39 is 0 Å². The molecule has 1 atom stereocenters. The number of carbonyl (C=O) groups is 1. The molecule has 3 rings (SSSR count). The van der Waals surface area contributed by atoms with Crippen LogP contribution < -0.4 is 5.32 Å². The van der Waals surface area contributed by atoms with Gasteiger partial charge in [0.2, 0.25) is 0 Å². The van der Waals surface area contributed by atoms with Gasteiger partial charge < -0.3 is 5.32 Å². The minimum atomic E-state index is -0.0838. The van der Waals surface area contributed by atoms with Gasteiger partial charge >= 0.3 is 0 Å². The van der Waals surface area contributed by atoms with Gasteiger partial charge in [-0.15, -0.1) is 0 Å². The number of benzene rings is 1. The molecule has 0 fully saturated rings. The van der Waals surface area contributed by atoms with Crippen molar-refractivity contribution in [2.75, 3.05) is 6.54 Å². The van der Waals surface area contributed by atoms with E-state index in [1.54, 1.807) is 6.20 Å². The van der Waals surface area contributed by atoms with Crippen LogP contribution in [0.2, 0.25) is 0 Å². The quantitative estimate of drug-likeness (QED) is 0.758. The molecular formula is C18H21N5O. The molecule has 0 aliphatic rings. The molecule has 2 N–H and O–H groups in total. The molecule has 0 bridgehead atoms. The summed E-state index contributed by atoms with van der Waals surface area (Å²) < 4.78 is 1.94.